The van der Waals surface area contributed by atoms with Crippen LogP contribution in [0.2, 0.25) is 0 Å². The van der Waals surface area contributed by atoms with Gasteiger partial charge in [0.15, 0.2) is 0 Å². The summed E-state index contributed by atoms with van der Waals surface area (Å²) in [6.45, 7) is 2.63. The van der Waals surface area contributed by atoms with Crippen LogP contribution in [0.4, 0.5) is 5.69 Å². The Balaban J connectivity index is 1.73. The smallest absolute Gasteiger partial charge is 0.264 e. The van der Waals surface area contributed by atoms with Gasteiger partial charge in [-0.1, -0.05) is 25.1 Å². The molecule has 5 aliphatic rings. The second-order valence-electron chi connectivity index (χ2n) is 7.45. The van der Waals surface area contributed by atoms with E-state index in [2.05, 4.69) is 6.92 Å². The predicted molar refractivity (Wildman–Crippen MR) is 91.5 cm³/mol. The number of fused-ring (bicyclic) bond motifs is 2. The molecule has 132 valence electrons. The minimum atomic E-state index is -0.928. The van der Waals surface area contributed by atoms with Crippen LogP contribution >= 0.6 is 0 Å². The van der Waals surface area contributed by atoms with Crippen LogP contribution in [0.1, 0.15) is 25.3 Å². The van der Waals surface area contributed by atoms with Gasteiger partial charge in [-0.3, -0.25) is 14.6 Å². The van der Waals surface area contributed by atoms with Gasteiger partial charge in [0.05, 0.1) is 31.5 Å². The van der Waals surface area contributed by atoms with Crippen LogP contribution < -0.4 is 5.06 Å². The third-order valence-electron chi connectivity index (χ3n) is 6.55. The molecule has 6 atom stereocenters. The molecule has 4 heterocycles. The number of aliphatic imine (C=N–C) groups is 1. The molecule has 0 unspecified atom stereocenters. The Bertz CT molecular complexity index is 778. The number of rotatable bonds is 2. The summed E-state index contributed by atoms with van der Waals surface area (Å²) in [6, 6.07) is 7.67. The number of hydrogen-bond acceptors (Lipinski definition) is 5. The van der Waals surface area contributed by atoms with E-state index in [9.17, 15) is 9.90 Å². The molecule has 1 aliphatic carbocycles. The molecule has 1 amide bonds. The maximum atomic E-state index is 13.4. The number of benzene rings is 1. The van der Waals surface area contributed by atoms with Gasteiger partial charge in [-0.05, 0) is 24.5 Å². The Morgan fingerprint density at radius 2 is 2.24 bits per heavy atom. The highest BCUT2D eigenvalue weighted by molar-refractivity contribution is 6.07. The third-order valence-corrected chi connectivity index (χ3v) is 6.55. The summed E-state index contributed by atoms with van der Waals surface area (Å²) in [5, 5.41) is 12.5. The largest absolute Gasteiger partial charge is 0.390 e. The number of hydroxylamine groups is 1. The van der Waals surface area contributed by atoms with Crippen molar-refractivity contribution in [2.45, 2.75) is 43.4 Å². The molecule has 3 fully saturated rings. The van der Waals surface area contributed by atoms with Gasteiger partial charge in [0.2, 0.25) is 0 Å². The van der Waals surface area contributed by atoms with Crippen LogP contribution in [0.5, 0.6) is 0 Å². The summed E-state index contributed by atoms with van der Waals surface area (Å²) in [5.41, 5.74) is 1.77. The molecule has 1 saturated carbocycles. The first-order valence-electron chi connectivity index (χ1n) is 8.98. The molecule has 4 bridgehead atoms. The van der Waals surface area contributed by atoms with Gasteiger partial charge in [0.25, 0.3) is 5.91 Å². The van der Waals surface area contributed by atoms with Crippen LogP contribution in [-0.4, -0.2) is 48.7 Å². The molecular weight excluding hydrogens is 320 g/mol. The Morgan fingerprint density at radius 3 is 3.00 bits per heavy atom. The van der Waals surface area contributed by atoms with E-state index in [0.29, 0.717) is 13.0 Å². The van der Waals surface area contributed by atoms with Crippen molar-refractivity contribution in [1.29, 1.82) is 0 Å². The lowest BCUT2D eigenvalue weighted by molar-refractivity contribution is -0.152. The van der Waals surface area contributed by atoms with Crippen molar-refractivity contribution in [1.82, 2.24) is 0 Å². The zero-order valence-corrected chi connectivity index (χ0v) is 14.4. The highest BCUT2D eigenvalue weighted by atomic mass is 16.7. The van der Waals surface area contributed by atoms with E-state index in [1.807, 2.05) is 24.3 Å². The third kappa shape index (κ3) is 1.70. The first kappa shape index (κ1) is 15.5. The number of para-hydroxylation sites is 1. The van der Waals surface area contributed by atoms with E-state index in [4.69, 9.17) is 14.6 Å². The molecule has 4 aliphatic heterocycles. The number of hydrogen-bond donors (Lipinski definition) is 1. The summed E-state index contributed by atoms with van der Waals surface area (Å²) in [5.74, 6) is 0.0171. The number of ether oxygens (including phenoxy) is 1. The Kier molecular flexibility index (Phi) is 3.18. The van der Waals surface area contributed by atoms with Gasteiger partial charge >= 0.3 is 0 Å². The average Bonchev–Trinajstić information content (AvgIpc) is 3.00. The van der Waals surface area contributed by atoms with Gasteiger partial charge in [0.1, 0.15) is 11.5 Å². The summed E-state index contributed by atoms with van der Waals surface area (Å²) >= 11 is 0. The predicted octanol–water partition coefficient (Wildman–Crippen LogP) is 1.46. The Labute approximate surface area is 146 Å². The normalized spacial score (nSPS) is 41.2. The number of carbonyl (C=O) groups is 1. The second kappa shape index (κ2) is 5.13. The molecular formula is C19H22N2O4. The average molecular weight is 342 g/mol. The van der Waals surface area contributed by atoms with Crippen LogP contribution in [0, 0.1) is 11.8 Å². The first-order valence-corrected chi connectivity index (χ1v) is 8.98. The number of aliphatic hydroxyl groups is 1. The monoisotopic (exact) mass is 342 g/mol. The second-order valence-corrected chi connectivity index (χ2v) is 7.45. The zero-order chi connectivity index (χ0) is 17.3. The molecule has 0 radical (unpaired) electrons. The summed E-state index contributed by atoms with van der Waals surface area (Å²) < 4.78 is 6.12. The molecule has 6 rings (SSSR count). The molecule has 6 heteroatoms. The highest BCUT2D eigenvalue weighted by Crippen LogP contribution is 2.56. The van der Waals surface area contributed by atoms with Gasteiger partial charge < -0.3 is 9.84 Å². The van der Waals surface area contributed by atoms with E-state index in [1.165, 1.54) is 12.2 Å². The maximum absolute atomic E-state index is 13.4. The van der Waals surface area contributed by atoms with Crippen LogP contribution in [0.25, 0.3) is 0 Å². The minimum Gasteiger partial charge on any atom is -0.390 e. The van der Waals surface area contributed by atoms with E-state index < -0.39 is 17.6 Å². The van der Waals surface area contributed by atoms with Crippen LogP contribution in [0.3, 0.4) is 0 Å². The lowest BCUT2D eigenvalue weighted by Crippen LogP contribution is -2.58. The molecule has 0 aromatic heterocycles. The van der Waals surface area contributed by atoms with Gasteiger partial charge in [-0.15, -0.1) is 0 Å². The minimum absolute atomic E-state index is 0.00434. The van der Waals surface area contributed by atoms with Crippen molar-refractivity contribution in [3.05, 3.63) is 29.8 Å². The fourth-order valence-electron chi connectivity index (χ4n) is 5.54. The van der Waals surface area contributed by atoms with Gasteiger partial charge in [-0.2, -0.15) is 5.06 Å². The van der Waals surface area contributed by atoms with E-state index >= 15 is 0 Å². The number of anilines is 1. The molecule has 1 N–H and O–H groups in total. The zero-order valence-electron chi connectivity index (χ0n) is 14.4. The number of carbonyl (C=O) groups excluding carboxylic acids is 1. The number of amides is 1. The van der Waals surface area contributed by atoms with Crippen molar-refractivity contribution in [2.75, 3.05) is 18.8 Å². The van der Waals surface area contributed by atoms with Crippen molar-refractivity contribution < 1.29 is 19.5 Å². The fraction of sp³-hybridized carbons (Fsp3) is 0.579. The molecule has 6 nitrogen and oxygen atoms in total. The summed E-state index contributed by atoms with van der Waals surface area (Å²) in [4.78, 5) is 23.7. The molecule has 1 aromatic rings. The lowest BCUT2D eigenvalue weighted by atomic mass is 9.70. The Morgan fingerprint density at radius 1 is 1.44 bits per heavy atom. The summed E-state index contributed by atoms with van der Waals surface area (Å²) in [7, 11) is 1.50. The maximum Gasteiger partial charge on any atom is 0.264 e. The molecule has 1 aromatic carbocycles. The number of nitrogens with zero attached hydrogens (tertiary/aromatic N) is 2. The highest BCUT2D eigenvalue weighted by Gasteiger charge is 2.67. The van der Waals surface area contributed by atoms with Crippen LogP contribution in [-0.2, 0) is 19.8 Å². The molecule has 1 spiro atoms. The topological polar surface area (TPSA) is 71.4 Å². The fourth-order valence-corrected chi connectivity index (χ4v) is 5.54. The van der Waals surface area contributed by atoms with Crippen molar-refractivity contribution in [2.24, 2.45) is 16.8 Å². The van der Waals surface area contributed by atoms with E-state index in [1.54, 1.807) is 0 Å². The van der Waals surface area contributed by atoms with Gasteiger partial charge in [-0.25, -0.2) is 0 Å². The van der Waals surface area contributed by atoms with Crippen LogP contribution in [0.15, 0.2) is 29.3 Å². The van der Waals surface area contributed by atoms with E-state index in [-0.39, 0.29) is 23.8 Å². The SMILES string of the molecule is CCC1=N[C@@H]2C[C@@]3(C(=O)N(OC)c4ccccc43)[C@H]3OC[C@@H]2[C@@H]1[C@H]3O. The van der Waals surface area contributed by atoms with Crippen molar-refractivity contribution in [3.8, 4) is 0 Å². The van der Waals surface area contributed by atoms with Crippen molar-refractivity contribution >= 4 is 17.3 Å². The van der Waals surface area contributed by atoms with E-state index in [0.717, 1.165) is 23.4 Å². The number of aliphatic hydroxyl groups excluding tert-OH is 1. The molecule has 25 heavy (non-hydrogen) atoms. The first-order chi connectivity index (χ1) is 12.1. The van der Waals surface area contributed by atoms with Gasteiger partial charge in [0, 0.05) is 17.5 Å². The van der Waals surface area contributed by atoms with Crippen molar-refractivity contribution in [3.63, 3.8) is 0 Å². The standard InChI is InChI=1S/C19H22N2O4/c1-3-12-15-10-9-25-17(16(15)22)19(8-13(10)20-12)11-6-4-5-7-14(11)21(24-2)18(19)23/h4-7,10,13,15-17,22H,3,8-9H2,1-2H3/t10-,13+,15-,16+,17-,19-/m0/s1. The quantitative estimate of drug-likeness (QED) is 0.883. The molecule has 2 saturated heterocycles. The Hall–Kier alpha value is -1.76. The lowest BCUT2D eigenvalue weighted by Gasteiger charge is -2.42. The summed E-state index contributed by atoms with van der Waals surface area (Å²) in [6.07, 6.45) is 0.113.